The highest BCUT2D eigenvalue weighted by molar-refractivity contribution is 6.06. The molecule has 0 aliphatic carbocycles. The van der Waals surface area contributed by atoms with E-state index in [1.165, 1.54) is 18.3 Å². The number of aromatic nitrogens is 1. The number of furan rings is 1. The van der Waals surface area contributed by atoms with Gasteiger partial charge in [-0.15, -0.1) is 0 Å². The lowest BCUT2D eigenvalue weighted by molar-refractivity contribution is -0.146. The normalized spacial score (nSPS) is 11.7. The van der Waals surface area contributed by atoms with Crippen LogP contribution in [0.25, 0.3) is 0 Å². The van der Waals surface area contributed by atoms with Gasteiger partial charge >= 0.3 is 11.9 Å². The molecule has 1 atom stereocenters. The maximum Gasteiger partial charge on any atom is 0.354 e. The van der Waals surface area contributed by atoms with Crippen molar-refractivity contribution in [3.8, 4) is 0 Å². The van der Waals surface area contributed by atoms with Crippen LogP contribution in [0.2, 0.25) is 0 Å². The molecule has 1 unspecified atom stereocenters. The number of carbonyl (C=O) groups excluding carboxylic acids is 4. The van der Waals surface area contributed by atoms with Crippen LogP contribution in [0.5, 0.6) is 0 Å². The molecule has 0 aliphatic heterocycles. The highest BCUT2D eigenvalue weighted by atomic mass is 16.5. The van der Waals surface area contributed by atoms with Crippen LogP contribution in [0.4, 0.5) is 0 Å². The molecule has 0 radical (unpaired) electrons. The largest absolute Gasteiger partial charge is 0.467 e. The molecule has 32 heavy (non-hydrogen) atoms. The molecule has 0 saturated carbocycles. The van der Waals surface area contributed by atoms with Gasteiger partial charge in [0.05, 0.1) is 39.0 Å². The number of amides is 1. The average molecular weight is 447 g/mol. The molecule has 2 rings (SSSR count). The first-order chi connectivity index (χ1) is 15.1. The van der Waals surface area contributed by atoms with Crippen molar-refractivity contribution in [2.45, 2.75) is 53.1 Å². The van der Waals surface area contributed by atoms with Gasteiger partial charge in [-0.2, -0.15) is 0 Å². The molecular formula is C23H30N2O7. The molecule has 174 valence electrons. The smallest absolute Gasteiger partial charge is 0.354 e. The number of ketones is 1. The molecule has 9 nitrogen and oxygen atoms in total. The summed E-state index contributed by atoms with van der Waals surface area (Å²) in [4.78, 5) is 51.8. The summed E-state index contributed by atoms with van der Waals surface area (Å²) in [6, 6.07) is 2.54. The fourth-order valence-electron chi connectivity index (χ4n) is 3.67. The van der Waals surface area contributed by atoms with Crippen molar-refractivity contribution in [2.24, 2.45) is 7.05 Å². The Morgan fingerprint density at radius 1 is 1.19 bits per heavy atom. The van der Waals surface area contributed by atoms with E-state index in [0.717, 1.165) is 0 Å². The number of hydrogen-bond donors (Lipinski definition) is 0. The number of esters is 2. The van der Waals surface area contributed by atoms with Crippen LogP contribution in [-0.2, 0) is 32.7 Å². The molecule has 0 N–H and O–H groups in total. The molecule has 0 saturated heterocycles. The number of methoxy groups -OCH3 is 1. The van der Waals surface area contributed by atoms with E-state index in [9.17, 15) is 19.2 Å². The molecule has 0 spiro atoms. The Morgan fingerprint density at radius 3 is 2.44 bits per heavy atom. The third-order valence-electron chi connectivity index (χ3n) is 5.48. The van der Waals surface area contributed by atoms with Crippen molar-refractivity contribution in [1.82, 2.24) is 9.47 Å². The van der Waals surface area contributed by atoms with Crippen molar-refractivity contribution in [1.29, 1.82) is 0 Å². The summed E-state index contributed by atoms with van der Waals surface area (Å²) in [5, 5.41) is 0. The number of ether oxygens (including phenoxy) is 2. The third-order valence-corrected chi connectivity index (χ3v) is 5.48. The van der Waals surface area contributed by atoms with Gasteiger partial charge in [0.15, 0.2) is 5.78 Å². The Balaban J connectivity index is 2.35. The lowest BCUT2D eigenvalue weighted by Crippen LogP contribution is -2.43. The zero-order chi connectivity index (χ0) is 24.0. The maximum atomic E-state index is 13.5. The van der Waals surface area contributed by atoms with Crippen molar-refractivity contribution < 1.29 is 33.1 Å². The minimum absolute atomic E-state index is 0.0658. The van der Waals surface area contributed by atoms with Gasteiger partial charge in [0, 0.05) is 24.7 Å². The number of Topliss-reactive ketones (excluding diaryl/α,β-unsaturated/α-hetero) is 1. The highest BCUT2D eigenvalue weighted by Gasteiger charge is 2.33. The summed E-state index contributed by atoms with van der Waals surface area (Å²) in [6.07, 6.45) is 1.30. The summed E-state index contributed by atoms with van der Waals surface area (Å²) in [5.74, 6) is -1.21. The number of carbonyl (C=O) groups is 4. The Labute approximate surface area is 187 Å². The monoisotopic (exact) mass is 446 g/mol. The summed E-state index contributed by atoms with van der Waals surface area (Å²) >= 11 is 0. The zero-order valence-electron chi connectivity index (χ0n) is 19.4. The van der Waals surface area contributed by atoms with E-state index < -0.39 is 18.0 Å². The van der Waals surface area contributed by atoms with Crippen LogP contribution in [0.15, 0.2) is 22.8 Å². The van der Waals surface area contributed by atoms with Crippen LogP contribution < -0.4 is 0 Å². The van der Waals surface area contributed by atoms with Crippen LogP contribution in [0, 0.1) is 13.8 Å². The Kier molecular flexibility index (Phi) is 8.40. The molecule has 2 aromatic rings. The topological polar surface area (TPSA) is 108 Å². The van der Waals surface area contributed by atoms with Gasteiger partial charge in [0.1, 0.15) is 11.5 Å². The molecule has 0 aromatic carbocycles. The molecule has 0 aliphatic rings. The molecule has 9 heteroatoms. The quantitative estimate of drug-likeness (QED) is 0.408. The SMILES string of the molecule is CCOC(=O)CCC(=O)N(Cc1ccco1)C(C)C(=O)c1c(C)c(C(=O)OC)n(C)c1C. The van der Waals surface area contributed by atoms with E-state index in [2.05, 4.69) is 0 Å². The maximum absolute atomic E-state index is 13.5. The molecule has 0 bridgehead atoms. The van der Waals surface area contributed by atoms with Gasteiger partial charge in [-0.25, -0.2) is 4.79 Å². The predicted octanol–water partition coefficient (Wildman–Crippen LogP) is 2.96. The van der Waals surface area contributed by atoms with E-state index in [0.29, 0.717) is 22.6 Å². The van der Waals surface area contributed by atoms with Gasteiger partial charge in [-0.1, -0.05) is 0 Å². The minimum Gasteiger partial charge on any atom is -0.467 e. The van der Waals surface area contributed by atoms with Gasteiger partial charge in [0.2, 0.25) is 5.91 Å². The van der Waals surface area contributed by atoms with Crippen molar-refractivity contribution in [2.75, 3.05) is 13.7 Å². The number of nitrogens with zero attached hydrogens (tertiary/aromatic N) is 2. The molecular weight excluding hydrogens is 416 g/mol. The second-order valence-electron chi connectivity index (χ2n) is 7.43. The van der Waals surface area contributed by atoms with Gasteiger partial charge < -0.3 is 23.4 Å². The van der Waals surface area contributed by atoms with E-state index in [-0.39, 0.29) is 43.4 Å². The van der Waals surface area contributed by atoms with Crippen LogP contribution in [0.3, 0.4) is 0 Å². The second kappa shape index (κ2) is 10.8. The van der Waals surface area contributed by atoms with Crippen LogP contribution in [0.1, 0.15) is 64.6 Å². The molecule has 2 heterocycles. The standard InChI is InChI=1S/C23H30N2O7/c1-7-31-19(27)11-10-18(26)25(13-17-9-8-12-32-17)16(4)22(28)20-14(2)21(23(29)30-6)24(5)15(20)3/h8-9,12,16H,7,10-11,13H2,1-6H3. The summed E-state index contributed by atoms with van der Waals surface area (Å²) in [6.45, 7) is 7.02. The predicted molar refractivity (Wildman–Crippen MR) is 115 cm³/mol. The van der Waals surface area contributed by atoms with Crippen molar-refractivity contribution >= 4 is 23.6 Å². The van der Waals surface area contributed by atoms with E-state index >= 15 is 0 Å². The molecule has 2 aromatic heterocycles. The molecule has 0 fully saturated rings. The second-order valence-corrected chi connectivity index (χ2v) is 7.43. The van der Waals surface area contributed by atoms with Gasteiger partial charge in [0.25, 0.3) is 0 Å². The van der Waals surface area contributed by atoms with E-state index in [1.54, 1.807) is 51.4 Å². The summed E-state index contributed by atoms with van der Waals surface area (Å²) < 4.78 is 16.7. The fraction of sp³-hybridized carbons (Fsp3) is 0.478. The first-order valence-corrected chi connectivity index (χ1v) is 10.4. The first-order valence-electron chi connectivity index (χ1n) is 10.4. The Hall–Kier alpha value is -3.36. The fourth-order valence-corrected chi connectivity index (χ4v) is 3.67. The van der Waals surface area contributed by atoms with E-state index in [1.807, 2.05) is 0 Å². The summed E-state index contributed by atoms with van der Waals surface area (Å²) in [7, 11) is 2.96. The van der Waals surface area contributed by atoms with Crippen molar-refractivity contribution in [3.05, 3.63) is 46.7 Å². The average Bonchev–Trinajstić information content (AvgIpc) is 3.35. The minimum atomic E-state index is -0.861. The van der Waals surface area contributed by atoms with Crippen LogP contribution >= 0.6 is 0 Å². The van der Waals surface area contributed by atoms with Gasteiger partial charge in [-0.05, 0) is 45.4 Å². The first kappa shape index (κ1) is 24.9. The van der Waals surface area contributed by atoms with Gasteiger partial charge in [-0.3, -0.25) is 14.4 Å². The number of rotatable bonds is 10. The number of hydrogen-bond acceptors (Lipinski definition) is 7. The zero-order valence-corrected chi connectivity index (χ0v) is 19.4. The van der Waals surface area contributed by atoms with Crippen molar-refractivity contribution in [3.63, 3.8) is 0 Å². The Bertz CT molecular complexity index is 989. The molecule has 1 amide bonds. The van der Waals surface area contributed by atoms with Crippen LogP contribution in [-0.4, -0.2) is 52.9 Å². The Morgan fingerprint density at radius 2 is 1.88 bits per heavy atom. The lowest BCUT2D eigenvalue weighted by atomic mass is 9.99. The lowest BCUT2D eigenvalue weighted by Gasteiger charge is -2.28. The summed E-state index contributed by atoms with van der Waals surface area (Å²) in [5.41, 5.74) is 1.73. The third kappa shape index (κ3) is 5.27. The highest BCUT2D eigenvalue weighted by Crippen LogP contribution is 2.25. The van der Waals surface area contributed by atoms with E-state index in [4.69, 9.17) is 13.9 Å².